The number of hydrogen-bond acceptors (Lipinski definition) is 9. The number of rotatable bonds is 9. The Bertz CT molecular complexity index is 1230. The third-order valence-corrected chi connectivity index (χ3v) is 6.57. The lowest BCUT2D eigenvalue weighted by atomic mass is 9.95. The van der Waals surface area contributed by atoms with E-state index < -0.39 is 23.5 Å². The molecule has 8 nitrogen and oxygen atoms in total. The quantitative estimate of drug-likeness (QED) is 0.349. The monoisotopic (exact) mass is 483 g/mol. The van der Waals surface area contributed by atoms with Gasteiger partial charge in [-0.2, -0.15) is 0 Å². The number of amides is 1. The van der Waals surface area contributed by atoms with Gasteiger partial charge in [-0.05, 0) is 43.0 Å². The summed E-state index contributed by atoms with van der Waals surface area (Å²) in [6.07, 6.45) is 1.62. The first-order valence-corrected chi connectivity index (χ1v) is 11.8. The molecule has 1 N–H and O–H groups in total. The standard InChI is InChI=1S/C23H21N3O5S2/c1-4-10-31-15-9-8-14(12-16(15)30-5-2)19-18(20(27)17-7-6-11-32-17)21(28)22(29)26(19)23-25-24-13(3)33-23/h4,6-9,11-12,19,28H,1,5,10H2,2-3H3. The molecule has 2 aromatic heterocycles. The van der Waals surface area contributed by atoms with Crippen molar-refractivity contribution in [1.82, 2.24) is 10.2 Å². The lowest BCUT2D eigenvalue weighted by molar-refractivity contribution is -0.117. The van der Waals surface area contributed by atoms with Crippen LogP contribution in [0.15, 0.2) is 59.7 Å². The summed E-state index contributed by atoms with van der Waals surface area (Å²) in [5.41, 5.74) is 0.548. The molecule has 3 aromatic rings. The second-order valence-electron chi connectivity index (χ2n) is 6.99. The molecule has 0 saturated heterocycles. The third-order valence-electron chi connectivity index (χ3n) is 4.86. The summed E-state index contributed by atoms with van der Waals surface area (Å²) in [5.74, 6) is -0.777. The van der Waals surface area contributed by atoms with Gasteiger partial charge in [0.2, 0.25) is 10.9 Å². The van der Waals surface area contributed by atoms with Crippen molar-refractivity contribution in [1.29, 1.82) is 0 Å². The van der Waals surface area contributed by atoms with Crippen LogP contribution in [0.2, 0.25) is 0 Å². The van der Waals surface area contributed by atoms with Crippen molar-refractivity contribution in [3.05, 3.63) is 75.1 Å². The number of ether oxygens (including phenoxy) is 2. The van der Waals surface area contributed by atoms with Crippen LogP contribution in [-0.4, -0.2) is 40.2 Å². The number of carbonyl (C=O) groups excluding carboxylic acids is 2. The number of thiophene rings is 1. The molecule has 0 bridgehead atoms. The number of carbonyl (C=O) groups is 2. The molecule has 0 radical (unpaired) electrons. The fourth-order valence-electron chi connectivity index (χ4n) is 3.50. The zero-order chi connectivity index (χ0) is 23.5. The molecule has 0 spiro atoms. The Hall–Kier alpha value is -3.50. The maximum atomic E-state index is 13.4. The molecule has 1 aromatic carbocycles. The maximum absolute atomic E-state index is 13.4. The highest BCUT2D eigenvalue weighted by molar-refractivity contribution is 7.15. The number of aliphatic hydroxyl groups is 1. The number of benzene rings is 1. The van der Waals surface area contributed by atoms with Gasteiger partial charge < -0.3 is 14.6 Å². The number of hydrogen-bond donors (Lipinski definition) is 1. The predicted octanol–water partition coefficient (Wildman–Crippen LogP) is 4.65. The Morgan fingerprint density at radius 3 is 2.73 bits per heavy atom. The summed E-state index contributed by atoms with van der Waals surface area (Å²) in [4.78, 5) is 28.2. The summed E-state index contributed by atoms with van der Waals surface area (Å²) < 4.78 is 11.4. The zero-order valence-electron chi connectivity index (χ0n) is 18.0. The molecule has 4 rings (SSSR count). The van der Waals surface area contributed by atoms with E-state index in [1.807, 2.05) is 6.92 Å². The van der Waals surface area contributed by atoms with Crippen molar-refractivity contribution in [3.63, 3.8) is 0 Å². The number of aliphatic hydroxyl groups excluding tert-OH is 1. The highest BCUT2D eigenvalue weighted by Gasteiger charge is 2.46. The molecule has 0 aliphatic carbocycles. The van der Waals surface area contributed by atoms with Gasteiger partial charge >= 0.3 is 0 Å². The Morgan fingerprint density at radius 2 is 2.09 bits per heavy atom. The summed E-state index contributed by atoms with van der Waals surface area (Å²) in [7, 11) is 0. The number of ketones is 1. The minimum Gasteiger partial charge on any atom is -0.503 e. The van der Waals surface area contributed by atoms with Crippen molar-refractivity contribution in [2.24, 2.45) is 0 Å². The van der Waals surface area contributed by atoms with Gasteiger partial charge in [0.1, 0.15) is 11.6 Å². The normalized spacial score (nSPS) is 15.8. The van der Waals surface area contributed by atoms with Crippen LogP contribution < -0.4 is 14.4 Å². The van der Waals surface area contributed by atoms with E-state index in [0.29, 0.717) is 40.2 Å². The van der Waals surface area contributed by atoms with Crippen molar-refractivity contribution in [3.8, 4) is 11.5 Å². The Balaban J connectivity index is 1.86. The van der Waals surface area contributed by atoms with Crippen LogP contribution in [0.4, 0.5) is 5.13 Å². The van der Waals surface area contributed by atoms with E-state index in [2.05, 4.69) is 16.8 Å². The van der Waals surface area contributed by atoms with Gasteiger partial charge in [-0.3, -0.25) is 14.5 Å². The van der Waals surface area contributed by atoms with Crippen molar-refractivity contribution in [2.75, 3.05) is 18.1 Å². The first-order valence-electron chi connectivity index (χ1n) is 10.1. The van der Waals surface area contributed by atoms with Gasteiger partial charge in [0.25, 0.3) is 5.91 Å². The number of aryl methyl sites for hydroxylation is 1. The fourth-order valence-corrected chi connectivity index (χ4v) is 4.90. The van der Waals surface area contributed by atoms with Gasteiger partial charge in [0.05, 0.1) is 23.1 Å². The average Bonchev–Trinajstić information content (AvgIpc) is 3.54. The van der Waals surface area contributed by atoms with Gasteiger partial charge in [-0.25, -0.2) is 0 Å². The Kier molecular flexibility index (Phi) is 6.57. The van der Waals surface area contributed by atoms with E-state index in [-0.39, 0.29) is 10.7 Å². The molecular weight excluding hydrogens is 462 g/mol. The molecule has 170 valence electrons. The highest BCUT2D eigenvalue weighted by Crippen LogP contribution is 2.44. The van der Waals surface area contributed by atoms with E-state index in [1.165, 1.54) is 27.6 Å². The SMILES string of the molecule is C=CCOc1ccc(C2C(C(=O)c3cccs3)=C(O)C(=O)N2c2nnc(C)s2)cc1OCC. The number of nitrogens with zero attached hydrogens (tertiary/aromatic N) is 3. The van der Waals surface area contributed by atoms with Crippen LogP contribution in [0.25, 0.3) is 0 Å². The predicted molar refractivity (Wildman–Crippen MR) is 126 cm³/mol. The minimum absolute atomic E-state index is 0.0162. The maximum Gasteiger partial charge on any atom is 0.296 e. The molecule has 33 heavy (non-hydrogen) atoms. The molecule has 1 aliphatic heterocycles. The molecule has 1 amide bonds. The number of Topliss-reactive ketones (excluding diaryl/α,β-unsaturated/α-hetero) is 1. The van der Waals surface area contributed by atoms with Gasteiger partial charge in [-0.15, -0.1) is 21.5 Å². The van der Waals surface area contributed by atoms with Gasteiger partial charge in [-0.1, -0.05) is 36.1 Å². The van der Waals surface area contributed by atoms with Crippen LogP contribution in [0.1, 0.15) is 33.2 Å². The second kappa shape index (κ2) is 9.55. The number of anilines is 1. The van der Waals surface area contributed by atoms with Crippen LogP contribution in [-0.2, 0) is 4.79 Å². The van der Waals surface area contributed by atoms with E-state index in [0.717, 1.165) is 0 Å². The van der Waals surface area contributed by atoms with Crippen molar-refractivity contribution < 1.29 is 24.2 Å². The Labute approximate surface area is 198 Å². The smallest absolute Gasteiger partial charge is 0.296 e. The summed E-state index contributed by atoms with van der Waals surface area (Å²) in [6, 6.07) is 7.64. The van der Waals surface area contributed by atoms with Crippen LogP contribution in [0, 0.1) is 6.92 Å². The molecule has 0 fully saturated rings. The molecule has 10 heteroatoms. The largest absolute Gasteiger partial charge is 0.503 e. The summed E-state index contributed by atoms with van der Waals surface area (Å²) in [6.45, 7) is 7.94. The van der Waals surface area contributed by atoms with Gasteiger partial charge in [0.15, 0.2) is 17.3 Å². The lowest BCUT2D eigenvalue weighted by Gasteiger charge is -2.25. The third kappa shape index (κ3) is 4.27. The fraction of sp³-hybridized carbons (Fsp3) is 0.217. The molecular formula is C23H21N3O5S2. The van der Waals surface area contributed by atoms with E-state index in [9.17, 15) is 14.7 Å². The lowest BCUT2D eigenvalue weighted by Crippen LogP contribution is -2.31. The number of aromatic nitrogens is 2. The van der Waals surface area contributed by atoms with Crippen LogP contribution in [0.3, 0.4) is 0 Å². The molecule has 1 unspecified atom stereocenters. The van der Waals surface area contributed by atoms with E-state index in [1.54, 1.807) is 48.7 Å². The topological polar surface area (TPSA) is 102 Å². The second-order valence-corrected chi connectivity index (χ2v) is 9.10. The van der Waals surface area contributed by atoms with Crippen molar-refractivity contribution >= 4 is 39.5 Å². The first-order chi connectivity index (χ1) is 16.0. The summed E-state index contributed by atoms with van der Waals surface area (Å²) in [5, 5.41) is 21.6. The van der Waals surface area contributed by atoms with E-state index >= 15 is 0 Å². The summed E-state index contributed by atoms with van der Waals surface area (Å²) >= 11 is 2.44. The molecule has 1 aliphatic rings. The first kappa shape index (κ1) is 22.7. The molecule has 1 atom stereocenters. The molecule has 3 heterocycles. The Morgan fingerprint density at radius 1 is 1.27 bits per heavy atom. The average molecular weight is 484 g/mol. The van der Waals surface area contributed by atoms with Crippen molar-refractivity contribution in [2.45, 2.75) is 19.9 Å². The highest BCUT2D eigenvalue weighted by atomic mass is 32.1. The zero-order valence-corrected chi connectivity index (χ0v) is 19.6. The minimum atomic E-state index is -0.910. The molecule has 0 saturated carbocycles. The van der Waals surface area contributed by atoms with Crippen LogP contribution >= 0.6 is 22.7 Å². The van der Waals surface area contributed by atoms with Crippen LogP contribution in [0.5, 0.6) is 11.5 Å². The van der Waals surface area contributed by atoms with E-state index in [4.69, 9.17) is 9.47 Å². The van der Waals surface area contributed by atoms with Gasteiger partial charge in [0, 0.05) is 0 Å².